The highest BCUT2D eigenvalue weighted by Crippen LogP contribution is 2.31. The van der Waals surface area contributed by atoms with Gasteiger partial charge in [-0.15, -0.1) is 0 Å². The minimum absolute atomic E-state index is 0.203. The number of aliphatic hydroxyl groups is 1. The van der Waals surface area contributed by atoms with Crippen LogP contribution in [0.5, 0.6) is 11.5 Å². The average Bonchev–Trinajstić information content (AvgIpc) is 2.36. The molecule has 19 heavy (non-hydrogen) atoms. The van der Waals surface area contributed by atoms with Crippen molar-refractivity contribution in [3.05, 3.63) is 18.2 Å². The number of aliphatic hydroxyl groups excluding tert-OH is 1. The van der Waals surface area contributed by atoms with Crippen LogP contribution in [0.15, 0.2) is 18.2 Å². The molecule has 1 unspecified atom stereocenters. The van der Waals surface area contributed by atoms with Gasteiger partial charge < -0.3 is 24.6 Å². The number of hydrogen-bond donors (Lipinski definition) is 2. The van der Waals surface area contributed by atoms with Crippen molar-refractivity contribution in [3.8, 4) is 11.5 Å². The molecule has 0 bridgehead atoms. The second-order valence-electron chi connectivity index (χ2n) is 4.17. The lowest BCUT2D eigenvalue weighted by molar-refractivity contribution is -0.139. The van der Waals surface area contributed by atoms with Crippen molar-refractivity contribution >= 4 is 11.7 Å². The van der Waals surface area contributed by atoms with E-state index in [2.05, 4.69) is 0 Å². The molecule has 0 aliphatic rings. The number of ether oxygens (including phenoxy) is 2. The molecule has 1 rings (SSSR count). The number of anilines is 1. The molecule has 1 aromatic carbocycles. The Morgan fingerprint density at radius 1 is 1.37 bits per heavy atom. The van der Waals surface area contributed by atoms with E-state index in [0.29, 0.717) is 11.5 Å². The Hall–Kier alpha value is -1.95. The Kier molecular flexibility index (Phi) is 5.44. The van der Waals surface area contributed by atoms with Gasteiger partial charge >= 0.3 is 5.97 Å². The minimum Gasteiger partial charge on any atom is -0.497 e. The molecule has 6 heteroatoms. The molecule has 0 saturated carbocycles. The molecule has 0 aromatic heterocycles. The third kappa shape index (κ3) is 4.33. The molecule has 0 radical (unpaired) electrons. The van der Waals surface area contributed by atoms with Gasteiger partial charge in [-0.3, -0.25) is 4.79 Å². The first-order valence-electron chi connectivity index (χ1n) is 5.81. The topological polar surface area (TPSA) is 79.2 Å². The Labute approximate surface area is 112 Å². The van der Waals surface area contributed by atoms with E-state index < -0.39 is 12.1 Å². The summed E-state index contributed by atoms with van der Waals surface area (Å²) in [5, 5.41) is 18.2. The number of carbonyl (C=O) groups is 1. The van der Waals surface area contributed by atoms with Crippen molar-refractivity contribution in [2.75, 3.05) is 32.7 Å². The minimum atomic E-state index is -1.03. The molecular weight excluding hydrogens is 250 g/mol. The van der Waals surface area contributed by atoms with Crippen LogP contribution in [0.3, 0.4) is 0 Å². The van der Waals surface area contributed by atoms with Gasteiger partial charge in [0.1, 0.15) is 11.5 Å². The molecule has 1 atom stereocenters. The highest BCUT2D eigenvalue weighted by molar-refractivity contribution is 5.67. The molecule has 0 saturated heterocycles. The fourth-order valence-corrected chi connectivity index (χ4v) is 1.78. The van der Waals surface area contributed by atoms with E-state index in [1.54, 1.807) is 44.4 Å². The predicted octanol–water partition coefficient (Wildman–Crippen LogP) is 0.976. The van der Waals surface area contributed by atoms with Crippen molar-refractivity contribution in [1.82, 2.24) is 0 Å². The first-order chi connectivity index (χ1) is 8.97. The molecule has 2 N–H and O–H groups in total. The smallest absolute Gasteiger partial charge is 0.306 e. The molecule has 0 amide bonds. The van der Waals surface area contributed by atoms with E-state index in [9.17, 15) is 9.90 Å². The fraction of sp³-hybridized carbons (Fsp3) is 0.462. The highest BCUT2D eigenvalue weighted by Gasteiger charge is 2.15. The monoisotopic (exact) mass is 269 g/mol. The van der Waals surface area contributed by atoms with Gasteiger partial charge in [0.15, 0.2) is 0 Å². The third-order valence-electron chi connectivity index (χ3n) is 2.69. The number of nitrogens with zero attached hydrogens (tertiary/aromatic N) is 1. The highest BCUT2D eigenvalue weighted by atomic mass is 16.5. The molecular formula is C13H19NO5. The number of likely N-dealkylation sites (N-methyl/N-ethyl adjacent to an activating group) is 1. The van der Waals surface area contributed by atoms with Gasteiger partial charge in [0.25, 0.3) is 0 Å². The number of carboxylic acid groups (broad SMARTS) is 1. The standard InChI is InChI=1S/C13H19NO5/c1-14(8-9(15)6-13(16)17)11-5-4-10(18-2)7-12(11)19-3/h4-5,7,9,15H,6,8H2,1-3H3,(H,16,17). The van der Waals surface area contributed by atoms with Gasteiger partial charge in [-0.2, -0.15) is 0 Å². The van der Waals surface area contributed by atoms with E-state index >= 15 is 0 Å². The Balaban J connectivity index is 2.81. The summed E-state index contributed by atoms with van der Waals surface area (Å²) >= 11 is 0. The largest absolute Gasteiger partial charge is 0.497 e. The Morgan fingerprint density at radius 3 is 2.58 bits per heavy atom. The van der Waals surface area contributed by atoms with Crippen LogP contribution in [-0.4, -0.2) is 50.1 Å². The summed E-state index contributed by atoms with van der Waals surface area (Å²) in [6, 6.07) is 5.30. The summed E-state index contributed by atoms with van der Waals surface area (Å²) in [4.78, 5) is 12.3. The summed E-state index contributed by atoms with van der Waals surface area (Å²) in [5.41, 5.74) is 0.757. The number of aliphatic carboxylic acids is 1. The van der Waals surface area contributed by atoms with Crippen molar-refractivity contribution in [2.45, 2.75) is 12.5 Å². The van der Waals surface area contributed by atoms with E-state index in [0.717, 1.165) is 5.69 Å². The molecule has 0 aliphatic heterocycles. The number of benzene rings is 1. The second kappa shape index (κ2) is 6.84. The fourth-order valence-electron chi connectivity index (χ4n) is 1.78. The summed E-state index contributed by atoms with van der Waals surface area (Å²) < 4.78 is 10.4. The van der Waals surface area contributed by atoms with Crippen molar-refractivity contribution in [2.24, 2.45) is 0 Å². The van der Waals surface area contributed by atoms with Gasteiger partial charge in [-0.25, -0.2) is 0 Å². The summed E-state index contributed by atoms with van der Waals surface area (Å²) in [6.45, 7) is 0.203. The molecule has 6 nitrogen and oxygen atoms in total. The number of methoxy groups -OCH3 is 2. The SMILES string of the molecule is COc1ccc(N(C)CC(O)CC(=O)O)c(OC)c1. The predicted molar refractivity (Wildman–Crippen MR) is 71.1 cm³/mol. The lowest BCUT2D eigenvalue weighted by atomic mass is 10.2. The molecule has 1 aromatic rings. The number of hydrogen-bond acceptors (Lipinski definition) is 5. The van der Waals surface area contributed by atoms with Crippen LogP contribution in [0.2, 0.25) is 0 Å². The van der Waals surface area contributed by atoms with E-state index in [4.69, 9.17) is 14.6 Å². The normalized spacial score (nSPS) is 11.8. The third-order valence-corrected chi connectivity index (χ3v) is 2.69. The van der Waals surface area contributed by atoms with Crippen LogP contribution in [-0.2, 0) is 4.79 Å². The lowest BCUT2D eigenvalue weighted by Crippen LogP contribution is -2.30. The van der Waals surface area contributed by atoms with E-state index in [1.165, 1.54) is 0 Å². The molecule has 0 spiro atoms. The van der Waals surface area contributed by atoms with Crippen LogP contribution in [0, 0.1) is 0 Å². The Bertz CT molecular complexity index is 435. The first kappa shape index (κ1) is 15.1. The van der Waals surface area contributed by atoms with Crippen LogP contribution < -0.4 is 14.4 Å². The van der Waals surface area contributed by atoms with Crippen LogP contribution in [0.25, 0.3) is 0 Å². The zero-order valence-corrected chi connectivity index (χ0v) is 11.3. The zero-order chi connectivity index (χ0) is 14.4. The van der Waals surface area contributed by atoms with Gasteiger partial charge in [-0.1, -0.05) is 0 Å². The van der Waals surface area contributed by atoms with Gasteiger partial charge in [0.05, 0.1) is 32.4 Å². The number of carboxylic acids is 1. The van der Waals surface area contributed by atoms with Crippen LogP contribution >= 0.6 is 0 Å². The van der Waals surface area contributed by atoms with Crippen molar-refractivity contribution in [1.29, 1.82) is 0 Å². The number of rotatable bonds is 7. The van der Waals surface area contributed by atoms with E-state index in [-0.39, 0.29) is 13.0 Å². The van der Waals surface area contributed by atoms with Gasteiger partial charge in [0.2, 0.25) is 0 Å². The average molecular weight is 269 g/mol. The quantitative estimate of drug-likeness (QED) is 0.768. The Morgan fingerprint density at radius 2 is 2.05 bits per heavy atom. The molecule has 0 fully saturated rings. The maximum absolute atomic E-state index is 10.5. The molecule has 0 aliphatic carbocycles. The summed E-state index contributed by atoms with van der Waals surface area (Å²) in [6.07, 6.45) is -1.22. The van der Waals surface area contributed by atoms with E-state index in [1.807, 2.05) is 0 Å². The van der Waals surface area contributed by atoms with Crippen molar-refractivity contribution < 1.29 is 24.5 Å². The zero-order valence-electron chi connectivity index (χ0n) is 11.3. The maximum atomic E-state index is 10.5. The molecule has 0 heterocycles. The molecule has 106 valence electrons. The lowest BCUT2D eigenvalue weighted by Gasteiger charge is -2.24. The second-order valence-corrected chi connectivity index (χ2v) is 4.17. The van der Waals surface area contributed by atoms with Gasteiger partial charge in [-0.05, 0) is 12.1 Å². The van der Waals surface area contributed by atoms with Crippen LogP contribution in [0.4, 0.5) is 5.69 Å². The summed E-state index contributed by atoms with van der Waals surface area (Å²) in [7, 11) is 4.87. The maximum Gasteiger partial charge on any atom is 0.306 e. The van der Waals surface area contributed by atoms with Crippen molar-refractivity contribution in [3.63, 3.8) is 0 Å². The van der Waals surface area contributed by atoms with Gasteiger partial charge in [0, 0.05) is 19.7 Å². The first-order valence-corrected chi connectivity index (χ1v) is 5.81. The summed E-state index contributed by atoms with van der Waals surface area (Å²) in [5.74, 6) is 0.243. The van der Waals surface area contributed by atoms with Crippen LogP contribution in [0.1, 0.15) is 6.42 Å².